The van der Waals surface area contributed by atoms with E-state index in [1.54, 1.807) is 12.1 Å². The molecule has 0 saturated heterocycles. The molecule has 0 atom stereocenters. The average Bonchev–Trinajstić information content (AvgIpc) is 2.92. The molecular formula is C14H16N2O2S. The van der Waals surface area contributed by atoms with E-state index in [0.29, 0.717) is 18.2 Å². The van der Waals surface area contributed by atoms with Crippen molar-refractivity contribution in [1.29, 1.82) is 5.26 Å². The number of nitrogens with one attached hydrogen (secondary N) is 1. The van der Waals surface area contributed by atoms with Gasteiger partial charge in [0.2, 0.25) is 0 Å². The first-order valence-corrected chi connectivity index (χ1v) is 7.88. The molecule has 4 nitrogen and oxygen atoms in total. The Morgan fingerprint density at radius 3 is 2.74 bits per heavy atom. The first kappa shape index (κ1) is 13.8. The van der Waals surface area contributed by atoms with Gasteiger partial charge in [-0.1, -0.05) is 18.2 Å². The van der Waals surface area contributed by atoms with Crippen LogP contribution >= 0.6 is 0 Å². The molecule has 0 bridgehead atoms. The second-order valence-electron chi connectivity index (χ2n) is 4.55. The zero-order valence-electron chi connectivity index (χ0n) is 10.5. The van der Waals surface area contributed by atoms with Crippen LogP contribution in [0, 0.1) is 11.3 Å². The molecule has 0 fully saturated rings. The predicted octanol–water partition coefficient (Wildman–Crippen LogP) is 1.64. The summed E-state index contributed by atoms with van der Waals surface area (Å²) in [5, 5.41) is 12.0. The van der Waals surface area contributed by atoms with E-state index in [9.17, 15) is 8.42 Å². The molecule has 1 aromatic carbocycles. The van der Waals surface area contributed by atoms with Crippen LogP contribution in [-0.4, -0.2) is 26.8 Å². The molecule has 0 aromatic heterocycles. The van der Waals surface area contributed by atoms with E-state index in [0.717, 1.165) is 12.8 Å². The van der Waals surface area contributed by atoms with Gasteiger partial charge in [-0.2, -0.15) is 5.26 Å². The fraction of sp³-hybridized carbons (Fsp3) is 0.357. The number of sulfone groups is 1. The monoisotopic (exact) mass is 276 g/mol. The van der Waals surface area contributed by atoms with Gasteiger partial charge in [-0.15, -0.1) is 0 Å². The van der Waals surface area contributed by atoms with Crippen LogP contribution in [0.1, 0.15) is 18.4 Å². The summed E-state index contributed by atoms with van der Waals surface area (Å²) in [4.78, 5) is 0.220. The number of hydrogen-bond donors (Lipinski definition) is 1. The molecule has 5 heteroatoms. The SMILES string of the molecule is N#Cc1cccc(S(=O)(=O)CCNC2CC=CC2)c1. The Balaban J connectivity index is 1.95. The third-order valence-electron chi connectivity index (χ3n) is 3.13. The van der Waals surface area contributed by atoms with Crippen LogP contribution in [0.4, 0.5) is 0 Å². The second-order valence-corrected chi connectivity index (χ2v) is 6.66. The topological polar surface area (TPSA) is 70.0 Å². The third kappa shape index (κ3) is 3.66. The highest BCUT2D eigenvalue weighted by Crippen LogP contribution is 2.13. The van der Waals surface area contributed by atoms with Gasteiger partial charge in [0.15, 0.2) is 9.84 Å². The lowest BCUT2D eigenvalue weighted by Crippen LogP contribution is -2.31. The molecule has 1 N–H and O–H groups in total. The summed E-state index contributed by atoms with van der Waals surface area (Å²) >= 11 is 0. The van der Waals surface area contributed by atoms with E-state index in [1.807, 2.05) is 6.07 Å². The van der Waals surface area contributed by atoms with Gasteiger partial charge in [-0.25, -0.2) is 8.42 Å². The molecule has 0 aliphatic heterocycles. The van der Waals surface area contributed by atoms with Gasteiger partial charge < -0.3 is 5.32 Å². The Morgan fingerprint density at radius 1 is 1.32 bits per heavy atom. The molecule has 100 valence electrons. The lowest BCUT2D eigenvalue weighted by molar-refractivity contribution is 0.548. The quantitative estimate of drug-likeness (QED) is 0.830. The first-order valence-electron chi connectivity index (χ1n) is 6.23. The fourth-order valence-corrected chi connectivity index (χ4v) is 3.27. The van der Waals surface area contributed by atoms with Crippen molar-refractivity contribution >= 4 is 9.84 Å². The molecule has 0 heterocycles. The molecule has 1 aliphatic carbocycles. The lowest BCUT2D eigenvalue weighted by atomic mass is 10.2. The number of nitrogens with zero attached hydrogens (tertiary/aromatic N) is 1. The highest BCUT2D eigenvalue weighted by atomic mass is 32.2. The summed E-state index contributed by atoms with van der Waals surface area (Å²) in [6, 6.07) is 8.47. The summed E-state index contributed by atoms with van der Waals surface area (Å²) in [5.41, 5.74) is 0.369. The van der Waals surface area contributed by atoms with Crippen molar-refractivity contribution in [3.63, 3.8) is 0 Å². The third-order valence-corrected chi connectivity index (χ3v) is 4.85. The largest absolute Gasteiger partial charge is 0.312 e. The average molecular weight is 276 g/mol. The van der Waals surface area contributed by atoms with Crippen LogP contribution in [0.25, 0.3) is 0 Å². The Morgan fingerprint density at radius 2 is 2.05 bits per heavy atom. The molecule has 0 saturated carbocycles. The zero-order chi connectivity index (χ0) is 13.7. The van der Waals surface area contributed by atoms with Gasteiger partial charge in [0.05, 0.1) is 22.3 Å². The number of nitriles is 1. The van der Waals surface area contributed by atoms with Crippen molar-refractivity contribution in [3.8, 4) is 6.07 Å². The van der Waals surface area contributed by atoms with Crippen LogP contribution < -0.4 is 5.32 Å². The maximum atomic E-state index is 12.1. The second kappa shape index (κ2) is 6.00. The highest BCUT2D eigenvalue weighted by Gasteiger charge is 2.16. The van der Waals surface area contributed by atoms with E-state index in [1.165, 1.54) is 12.1 Å². The Kier molecular flexibility index (Phi) is 4.35. The number of benzene rings is 1. The van der Waals surface area contributed by atoms with Crippen LogP contribution in [0.2, 0.25) is 0 Å². The minimum atomic E-state index is -3.32. The lowest BCUT2D eigenvalue weighted by Gasteiger charge is -2.12. The fourth-order valence-electron chi connectivity index (χ4n) is 2.06. The normalized spacial score (nSPS) is 15.5. The highest BCUT2D eigenvalue weighted by molar-refractivity contribution is 7.91. The van der Waals surface area contributed by atoms with E-state index in [4.69, 9.17) is 5.26 Å². The Hall–Kier alpha value is -1.64. The van der Waals surface area contributed by atoms with Crippen LogP contribution in [0.15, 0.2) is 41.3 Å². The molecule has 0 radical (unpaired) electrons. The maximum Gasteiger partial charge on any atom is 0.179 e. The minimum Gasteiger partial charge on any atom is -0.312 e. The van der Waals surface area contributed by atoms with Crippen molar-refractivity contribution in [2.75, 3.05) is 12.3 Å². The molecular weight excluding hydrogens is 260 g/mol. The maximum absolute atomic E-state index is 12.1. The standard InChI is InChI=1S/C14H16N2O2S/c15-11-12-4-3-7-14(10-12)19(17,18)9-8-16-13-5-1-2-6-13/h1-4,7,10,13,16H,5-6,8-9H2. The van der Waals surface area contributed by atoms with Crippen molar-refractivity contribution < 1.29 is 8.42 Å². The first-order chi connectivity index (χ1) is 9.12. The van der Waals surface area contributed by atoms with Crippen LogP contribution in [-0.2, 0) is 9.84 Å². The predicted molar refractivity (Wildman–Crippen MR) is 73.4 cm³/mol. The van der Waals surface area contributed by atoms with Crippen LogP contribution in [0.5, 0.6) is 0 Å². The molecule has 1 aromatic rings. The Bertz CT molecular complexity index is 607. The van der Waals surface area contributed by atoms with Gasteiger partial charge in [0.25, 0.3) is 0 Å². The van der Waals surface area contributed by atoms with Crippen molar-refractivity contribution in [2.24, 2.45) is 0 Å². The van der Waals surface area contributed by atoms with E-state index in [-0.39, 0.29) is 10.6 Å². The summed E-state index contributed by atoms with van der Waals surface area (Å²) < 4.78 is 24.2. The van der Waals surface area contributed by atoms with Crippen molar-refractivity contribution in [2.45, 2.75) is 23.8 Å². The smallest absolute Gasteiger partial charge is 0.179 e. The molecule has 1 aliphatic rings. The van der Waals surface area contributed by atoms with Gasteiger partial charge in [0, 0.05) is 12.6 Å². The van der Waals surface area contributed by atoms with Crippen molar-refractivity contribution in [1.82, 2.24) is 5.32 Å². The Labute approximate surface area is 113 Å². The number of hydrogen-bond acceptors (Lipinski definition) is 4. The summed E-state index contributed by atoms with van der Waals surface area (Å²) in [6.07, 6.45) is 6.12. The minimum absolute atomic E-state index is 0.0540. The van der Waals surface area contributed by atoms with E-state index < -0.39 is 9.84 Å². The molecule has 0 amide bonds. The molecule has 2 rings (SSSR count). The van der Waals surface area contributed by atoms with Gasteiger partial charge in [-0.05, 0) is 31.0 Å². The van der Waals surface area contributed by atoms with Crippen molar-refractivity contribution in [3.05, 3.63) is 42.0 Å². The summed E-state index contributed by atoms with van der Waals surface area (Å²) in [7, 11) is -3.32. The van der Waals surface area contributed by atoms with Gasteiger partial charge >= 0.3 is 0 Å². The summed E-state index contributed by atoms with van der Waals surface area (Å²) in [5.74, 6) is 0.0540. The van der Waals surface area contributed by atoms with E-state index >= 15 is 0 Å². The van der Waals surface area contributed by atoms with E-state index in [2.05, 4.69) is 17.5 Å². The summed E-state index contributed by atoms with van der Waals surface area (Å²) in [6.45, 7) is 0.436. The van der Waals surface area contributed by atoms with Gasteiger partial charge in [-0.3, -0.25) is 0 Å². The molecule has 0 spiro atoms. The molecule has 19 heavy (non-hydrogen) atoms. The molecule has 0 unspecified atom stereocenters. The zero-order valence-corrected chi connectivity index (χ0v) is 11.4. The van der Waals surface area contributed by atoms with Gasteiger partial charge in [0.1, 0.15) is 0 Å². The number of rotatable bonds is 5. The van der Waals surface area contributed by atoms with Crippen LogP contribution in [0.3, 0.4) is 0 Å².